The monoisotopic (exact) mass is 286 g/mol. The highest BCUT2D eigenvalue weighted by molar-refractivity contribution is 5.79. The Morgan fingerprint density at radius 1 is 1.24 bits per heavy atom. The third-order valence-corrected chi connectivity index (χ3v) is 5.15. The third kappa shape index (κ3) is 3.13. The molecule has 3 nitrogen and oxygen atoms in total. The van der Waals surface area contributed by atoms with E-state index in [9.17, 15) is 4.79 Å². The minimum absolute atomic E-state index is 0.290. The highest BCUT2D eigenvalue weighted by atomic mass is 16.2. The van der Waals surface area contributed by atoms with E-state index in [4.69, 9.17) is 0 Å². The molecule has 3 heteroatoms. The van der Waals surface area contributed by atoms with Gasteiger partial charge in [0.15, 0.2) is 0 Å². The number of carbonyl (C=O) groups is 1. The molecule has 0 aliphatic carbocycles. The van der Waals surface area contributed by atoms with E-state index < -0.39 is 0 Å². The van der Waals surface area contributed by atoms with Crippen LogP contribution >= 0.6 is 0 Å². The predicted molar refractivity (Wildman–Crippen MR) is 85.2 cm³/mol. The molecule has 0 saturated carbocycles. The Morgan fingerprint density at radius 2 is 1.90 bits per heavy atom. The SMILES string of the molecule is CCN(C(=O)Cc1ccccc1C)C1CC2CCC(C1)N2. The Bertz CT molecular complexity index is 502. The number of amides is 1. The molecule has 1 amide bonds. The van der Waals surface area contributed by atoms with Crippen LogP contribution in [0.2, 0.25) is 0 Å². The molecule has 2 heterocycles. The van der Waals surface area contributed by atoms with Gasteiger partial charge in [0.2, 0.25) is 5.91 Å². The van der Waals surface area contributed by atoms with Gasteiger partial charge in [0.25, 0.3) is 0 Å². The number of hydrogen-bond donors (Lipinski definition) is 1. The van der Waals surface area contributed by atoms with Crippen LogP contribution in [0.25, 0.3) is 0 Å². The van der Waals surface area contributed by atoms with Gasteiger partial charge in [-0.05, 0) is 50.7 Å². The summed E-state index contributed by atoms with van der Waals surface area (Å²) in [4.78, 5) is 14.9. The van der Waals surface area contributed by atoms with Crippen molar-refractivity contribution in [3.8, 4) is 0 Å². The molecule has 2 atom stereocenters. The lowest BCUT2D eigenvalue weighted by atomic mass is 9.97. The van der Waals surface area contributed by atoms with Crippen molar-refractivity contribution in [2.45, 2.75) is 64.1 Å². The number of aryl methyl sites for hydroxylation is 1. The highest BCUT2D eigenvalue weighted by Crippen LogP contribution is 2.30. The fourth-order valence-electron chi connectivity index (χ4n) is 3.99. The van der Waals surface area contributed by atoms with Gasteiger partial charge in [0.1, 0.15) is 0 Å². The van der Waals surface area contributed by atoms with Crippen LogP contribution in [0.4, 0.5) is 0 Å². The standard InChI is InChI=1S/C18H26N2O/c1-3-20(17-11-15-8-9-16(12-17)19-15)18(21)10-14-7-5-4-6-13(14)2/h4-7,15-17,19H,3,8-12H2,1-2H3. The molecule has 2 bridgehead atoms. The van der Waals surface area contributed by atoms with Crippen molar-refractivity contribution < 1.29 is 4.79 Å². The summed E-state index contributed by atoms with van der Waals surface area (Å²) in [5.41, 5.74) is 2.38. The van der Waals surface area contributed by atoms with E-state index in [0.29, 0.717) is 24.5 Å². The molecule has 1 aromatic carbocycles. The topological polar surface area (TPSA) is 32.3 Å². The van der Waals surface area contributed by atoms with Gasteiger partial charge in [0.05, 0.1) is 6.42 Å². The van der Waals surface area contributed by atoms with E-state index in [2.05, 4.69) is 36.2 Å². The minimum atomic E-state index is 0.290. The van der Waals surface area contributed by atoms with Crippen LogP contribution in [0.5, 0.6) is 0 Å². The first-order valence-corrected chi connectivity index (χ1v) is 8.27. The number of carbonyl (C=O) groups excluding carboxylic acids is 1. The number of nitrogens with zero attached hydrogens (tertiary/aromatic N) is 1. The van der Waals surface area contributed by atoms with Crippen molar-refractivity contribution in [1.29, 1.82) is 0 Å². The number of rotatable bonds is 4. The van der Waals surface area contributed by atoms with E-state index in [1.165, 1.54) is 18.4 Å². The zero-order valence-corrected chi connectivity index (χ0v) is 13.1. The van der Waals surface area contributed by atoms with Crippen LogP contribution in [-0.4, -0.2) is 35.5 Å². The Morgan fingerprint density at radius 3 is 2.52 bits per heavy atom. The summed E-state index contributed by atoms with van der Waals surface area (Å²) in [6.07, 6.45) is 5.36. The molecule has 2 saturated heterocycles. The molecule has 0 radical (unpaired) electrons. The molecule has 2 fully saturated rings. The Hall–Kier alpha value is -1.35. The van der Waals surface area contributed by atoms with E-state index in [1.54, 1.807) is 0 Å². The fourth-order valence-corrected chi connectivity index (χ4v) is 3.99. The molecule has 2 aliphatic heterocycles. The Labute approximate surface area is 127 Å². The molecule has 2 aliphatic rings. The molecule has 3 rings (SSSR count). The van der Waals surface area contributed by atoms with Crippen LogP contribution in [-0.2, 0) is 11.2 Å². The summed E-state index contributed by atoms with van der Waals surface area (Å²) in [6, 6.07) is 9.92. The van der Waals surface area contributed by atoms with Crippen molar-refractivity contribution in [2.75, 3.05) is 6.54 Å². The van der Waals surface area contributed by atoms with Gasteiger partial charge in [0, 0.05) is 24.7 Å². The number of likely N-dealkylation sites (N-methyl/N-ethyl adjacent to an activating group) is 1. The summed E-state index contributed by atoms with van der Waals surface area (Å²) in [5.74, 6) is 0.290. The predicted octanol–water partition coefficient (Wildman–Crippen LogP) is 2.67. The summed E-state index contributed by atoms with van der Waals surface area (Å²) in [7, 11) is 0. The zero-order chi connectivity index (χ0) is 14.8. The molecule has 1 N–H and O–H groups in total. The van der Waals surface area contributed by atoms with Crippen molar-refractivity contribution in [2.24, 2.45) is 0 Å². The van der Waals surface area contributed by atoms with E-state index in [-0.39, 0.29) is 5.91 Å². The summed E-state index contributed by atoms with van der Waals surface area (Å²) < 4.78 is 0. The molecule has 21 heavy (non-hydrogen) atoms. The quantitative estimate of drug-likeness (QED) is 0.923. The molecule has 0 aromatic heterocycles. The van der Waals surface area contributed by atoms with Crippen molar-refractivity contribution in [3.05, 3.63) is 35.4 Å². The molecule has 2 unspecified atom stereocenters. The summed E-state index contributed by atoms with van der Waals surface area (Å²) in [5, 5.41) is 3.66. The average molecular weight is 286 g/mol. The molecule has 114 valence electrons. The minimum Gasteiger partial charge on any atom is -0.340 e. The van der Waals surface area contributed by atoms with Crippen LogP contribution in [0, 0.1) is 6.92 Å². The van der Waals surface area contributed by atoms with Gasteiger partial charge in [-0.2, -0.15) is 0 Å². The van der Waals surface area contributed by atoms with Crippen molar-refractivity contribution in [3.63, 3.8) is 0 Å². The maximum Gasteiger partial charge on any atom is 0.227 e. The lowest BCUT2D eigenvalue weighted by Gasteiger charge is -2.37. The maximum absolute atomic E-state index is 12.7. The van der Waals surface area contributed by atoms with E-state index in [0.717, 1.165) is 24.9 Å². The average Bonchev–Trinajstić information content (AvgIpc) is 2.81. The number of benzene rings is 1. The third-order valence-electron chi connectivity index (χ3n) is 5.15. The largest absolute Gasteiger partial charge is 0.340 e. The smallest absolute Gasteiger partial charge is 0.227 e. The highest BCUT2D eigenvalue weighted by Gasteiger charge is 2.36. The first-order chi connectivity index (χ1) is 10.2. The molecule has 0 spiro atoms. The summed E-state index contributed by atoms with van der Waals surface area (Å²) >= 11 is 0. The number of piperidine rings is 1. The number of hydrogen-bond acceptors (Lipinski definition) is 2. The molecular formula is C18H26N2O. The summed E-state index contributed by atoms with van der Waals surface area (Å²) in [6.45, 7) is 5.03. The van der Waals surface area contributed by atoms with Gasteiger partial charge in [-0.3, -0.25) is 4.79 Å². The second-order valence-electron chi connectivity index (χ2n) is 6.55. The first kappa shape index (κ1) is 14.6. The van der Waals surface area contributed by atoms with E-state index in [1.807, 2.05) is 12.1 Å². The van der Waals surface area contributed by atoms with Crippen LogP contribution < -0.4 is 5.32 Å². The van der Waals surface area contributed by atoms with E-state index >= 15 is 0 Å². The second-order valence-corrected chi connectivity index (χ2v) is 6.55. The second kappa shape index (κ2) is 6.18. The first-order valence-electron chi connectivity index (χ1n) is 8.27. The van der Waals surface area contributed by atoms with Crippen LogP contribution in [0.15, 0.2) is 24.3 Å². The molecular weight excluding hydrogens is 260 g/mol. The molecule has 1 aromatic rings. The number of fused-ring (bicyclic) bond motifs is 2. The van der Waals surface area contributed by atoms with Gasteiger partial charge >= 0.3 is 0 Å². The maximum atomic E-state index is 12.7. The van der Waals surface area contributed by atoms with Crippen molar-refractivity contribution in [1.82, 2.24) is 10.2 Å². The fraction of sp³-hybridized carbons (Fsp3) is 0.611. The number of nitrogens with one attached hydrogen (secondary N) is 1. The lowest BCUT2D eigenvalue weighted by molar-refractivity contribution is -0.133. The van der Waals surface area contributed by atoms with Gasteiger partial charge in [-0.1, -0.05) is 24.3 Å². The Kier molecular flexibility index (Phi) is 4.29. The van der Waals surface area contributed by atoms with Crippen LogP contribution in [0.3, 0.4) is 0 Å². The zero-order valence-electron chi connectivity index (χ0n) is 13.1. The van der Waals surface area contributed by atoms with Gasteiger partial charge < -0.3 is 10.2 Å². The van der Waals surface area contributed by atoms with Gasteiger partial charge in [-0.25, -0.2) is 0 Å². The van der Waals surface area contributed by atoms with Crippen molar-refractivity contribution >= 4 is 5.91 Å². The normalized spacial score (nSPS) is 27.6. The Balaban J connectivity index is 1.68. The van der Waals surface area contributed by atoms with Gasteiger partial charge in [-0.15, -0.1) is 0 Å². The lowest BCUT2D eigenvalue weighted by Crippen LogP contribution is -2.50. The van der Waals surface area contributed by atoms with Crippen LogP contribution in [0.1, 0.15) is 43.7 Å².